The predicted molar refractivity (Wildman–Crippen MR) is 218 cm³/mol. The minimum absolute atomic E-state index is 0.658. The summed E-state index contributed by atoms with van der Waals surface area (Å²) in [6, 6.07) is 60.3. The standard InChI is InChI=1S/C47H28N4S/c1-2-13-31(14-3-1)45-48-46(33-22-21-29-11-4-5-15-32(29)27-33)50-47(49-45)34-23-25-36-37-18-10-20-41(44(37)52-42(36)28-34)51-39-19-9-8-17-38(39)43-35-16-7-6-12-30(35)24-26-40(43)51/h1-28H. The van der Waals surface area contributed by atoms with E-state index in [-0.39, 0.29) is 0 Å². The van der Waals surface area contributed by atoms with Crippen molar-refractivity contribution in [1.29, 1.82) is 0 Å². The first-order valence-corrected chi connectivity index (χ1v) is 18.3. The molecule has 3 heterocycles. The number of benzene rings is 8. The number of thiophene rings is 1. The topological polar surface area (TPSA) is 43.6 Å². The molecule has 8 aromatic carbocycles. The maximum atomic E-state index is 5.10. The number of nitrogens with zero attached hydrogens (tertiary/aromatic N) is 4. The third-order valence-corrected chi connectivity index (χ3v) is 11.4. The van der Waals surface area contributed by atoms with Crippen LogP contribution in [-0.4, -0.2) is 19.5 Å². The number of hydrogen-bond donors (Lipinski definition) is 0. The quantitative estimate of drug-likeness (QED) is 0.186. The fourth-order valence-corrected chi connectivity index (χ4v) is 9.02. The lowest BCUT2D eigenvalue weighted by molar-refractivity contribution is 1.08. The highest BCUT2D eigenvalue weighted by Gasteiger charge is 2.19. The fourth-order valence-electron chi connectivity index (χ4n) is 7.78. The first-order chi connectivity index (χ1) is 25.8. The van der Waals surface area contributed by atoms with Crippen molar-refractivity contribution in [2.45, 2.75) is 0 Å². The van der Waals surface area contributed by atoms with Crippen molar-refractivity contribution < 1.29 is 0 Å². The van der Waals surface area contributed by atoms with Crippen LogP contribution < -0.4 is 0 Å². The largest absolute Gasteiger partial charge is 0.308 e. The Morgan fingerprint density at radius 3 is 1.87 bits per heavy atom. The Hall–Kier alpha value is -6.69. The minimum atomic E-state index is 0.658. The summed E-state index contributed by atoms with van der Waals surface area (Å²) in [6.07, 6.45) is 0. The van der Waals surface area contributed by atoms with Gasteiger partial charge in [0.1, 0.15) is 0 Å². The van der Waals surface area contributed by atoms with Gasteiger partial charge >= 0.3 is 0 Å². The average Bonchev–Trinajstić information content (AvgIpc) is 3.76. The van der Waals surface area contributed by atoms with Gasteiger partial charge in [0.2, 0.25) is 0 Å². The van der Waals surface area contributed by atoms with Crippen molar-refractivity contribution in [2.24, 2.45) is 0 Å². The lowest BCUT2D eigenvalue weighted by Crippen LogP contribution is -2.00. The van der Waals surface area contributed by atoms with Gasteiger partial charge in [0.25, 0.3) is 0 Å². The summed E-state index contributed by atoms with van der Waals surface area (Å²) in [5.41, 5.74) is 6.49. The molecule has 0 amide bonds. The summed E-state index contributed by atoms with van der Waals surface area (Å²) in [5.74, 6) is 1.98. The molecule has 52 heavy (non-hydrogen) atoms. The van der Waals surface area contributed by atoms with Crippen LogP contribution >= 0.6 is 11.3 Å². The SMILES string of the molecule is c1ccc(-c2nc(-c3ccc4ccccc4c3)nc(-c3ccc4c(c3)sc3c(-n5c6ccccc6c6c7ccccc7ccc65)cccc34)n2)cc1. The van der Waals surface area contributed by atoms with Crippen molar-refractivity contribution in [1.82, 2.24) is 19.5 Å². The van der Waals surface area contributed by atoms with Crippen molar-refractivity contribution in [3.8, 4) is 39.9 Å². The van der Waals surface area contributed by atoms with E-state index >= 15 is 0 Å². The first-order valence-electron chi connectivity index (χ1n) is 17.4. The zero-order chi connectivity index (χ0) is 34.2. The molecule has 4 nitrogen and oxygen atoms in total. The van der Waals surface area contributed by atoms with Gasteiger partial charge in [0.05, 0.1) is 21.4 Å². The van der Waals surface area contributed by atoms with Crippen molar-refractivity contribution in [2.75, 3.05) is 0 Å². The van der Waals surface area contributed by atoms with Crippen LogP contribution in [0.5, 0.6) is 0 Å². The maximum absolute atomic E-state index is 5.10. The van der Waals surface area contributed by atoms with Crippen LogP contribution in [-0.2, 0) is 0 Å². The van der Waals surface area contributed by atoms with E-state index in [9.17, 15) is 0 Å². The van der Waals surface area contributed by atoms with E-state index in [4.69, 9.17) is 15.0 Å². The molecule has 0 atom stereocenters. The van der Waals surface area contributed by atoms with Crippen LogP contribution in [0.1, 0.15) is 0 Å². The first kappa shape index (κ1) is 29.1. The summed E-state index contributed by atoms with van der Waals surface area (Å²) < 4.78 is 4.90. The second kappa shape index (κ2) is 11.4. The Morgan fingerprint density at radius 2 is 1.02 bits per heavy atom. The van der Waals surface area contributed by atoms with Crippen LogP contribution in [0.25, 0.3) is 103 Å². The lowest BCUT2D eigenvalue weighted by atomic mass is 10.0. The highest BCUT2D eigenvalue weighted by molar-refractivity contribution is 7.26. The molecular formula is C47H28N4S. The molecular weight excluding hydrogens is 653 g/mol. The molecule has 0 aliphatic heterocycles. The number of hydrogen-bond acceptors (Lipinski definition) is 4. The summed E-state index contributed by atoms with van der Waals surface area (Å²) >= 11 is 1.83. The Morgan fingerprint density at radius 1 is 0.385 bits per heavy atom. The molecule has 0 aliphatic rings. The Bertz CT molecular complexity index is 3190. The van der Waals surface area contributed by atoms with Gasteiger partial charge in [-0.15, -0.1) is 11.3 Å². The molecule has 3 aromatic heterocycles. The highest BCUT2D eigenvalue weighted by atomic mass is 32.1. The smallest absolute Gasteiger partial charge is 0.164 e. The normalized spacial score (nSPS) is 11.8. The zero-order valence-corrected chi connectivity index (χ0v) is 28.7. The van der Waals surface area contributed by atoms with E-state index in [2.05, 4.69) is 156 Å². The molecule has 0 saturated carbocycles. The van der Waals surface area contributed by atoms with Crippen LogP contribution in [0.3, 0.4) is 0 Å². The Kier molecular flexibility index (Phi) is 6.39. The highest BCUT2D eigenvalue weighted by Crippen LogP contribution is 2.43. The van der Waals surface area contributed by atoms with Crippen molar-refractivity contribution >= 4 is 74.9 Å². The molecule has 0 N–H and O–H groups in total. The van der Waals surface area contributed by atoms with E-state index < -0.39 is 0 Å². The molecule has 5 heteroatoms. The fraction of sp³-hybridized carbons (Fsp3) is 0. The zero-order valence-electron chi connectivity index (χ0n) is 27.9. The van der Waals surface area contributed by atoms with Gasteiger partial charge in [0, 0.05) is 42.9 Å². The molecule has 0 unspecified atom stereocenters. The van der Waals surface area contributed by atoms with E-state index in [1.165, 1.54) is 63.8 Å². The molecule has 11 rings (SSSR count). The van der Waals surface area contributed by atoms with E-state index in [1.807, 2.05) is 29.5 Å². The molecule has 0 radical (unpaired) electrons. The summed E-state index contributed by atoms with van der Waals surface area (Å²) in [4.78, 5) is 15.1. The summed E-state index contributed by atoms with van der Waals surface area (Å²) in [6.45, 7) is 0. The van der Waals surface area contributed by atoms with Gasteiger partial charge in [-0.1, -0.05) is 140 Å². The lowest BCUT2D eigenvalue weighted by Gasteiger charge is -2.09. The predicted octanol–water partition coefficient (Wildman–Crippen LogP) is 12.6. The summed E-state index contributed by atoms with van der Waals surface area (Å²) in [7, 11) is 0. The monoisotopic (exact) mass is 680 g/mol. The molecule has 242 valence electrons. The van der Waals surface area contributed by atoms with E-state index in [0.29, 0.717) is 17.5 Å². The number of rotatable bonds is 4. The molecule has 0 bridgehead atoms. The van der Waals surface area contributed by atoms with E-state index in [0.717, 1.165) is 22.1 Å². The number of aromatic nitrogens is 4. The van der Waals surface area contributed by atoms with Crippen LogP contribution in [0, 0.1) is 0 Å². The third-order valence-electron chi connectivity index (χ3n) is 10.2. The van der Waals surface area contributed by atoms with Gasteiger partial charge in [-0.3, -0.25) is 0 Å². The Labute approximate surface area is 302 Å². The number of para-hydroxylation sites is 1. The number of fused-ring (bicyclic) bond motifs is 9. The van der Waals surface area contributed by atoms with Gasteiger partial charge < -0.3 is 4.57 Å². The van der Waals surface area contributed by atoms with Gasteiger partial charge in [-0.25, -0.2) is 15.0 Å². The Balaban J connectivity index is 1.11. The van der Waals surface area contributed by atoms with Crippen molar-refractivity contribution in [3.05, 3.63) is 170 Å². The molecule has 11 aromatic rings. The van der Waals surface area contributed by atoms with Gasteiger partial charge in [-0.05, 0) is 51.9 Å². The van der Waals surface area contributed by atoms with Crippen LogP contribution in [0.15, 0.2) is 170 Å². The van der Waals surface area contributed by atoms with Crippen molar-refractivity contribution in [3.63, 3.8) is 0 Å². The van der Waals surface area contributed by atoms with Crippen LogP contribution in [0.2, 0.25) is 0 Å². The molecule has 0 saturated heterocycles. The van der Waals surface area contributed by atoms with Gasteiger partial charge in [-0.2, -0.15) is 0 Å². The second-order valence-electron chi connectivity index (χ2n) is 13.2. The molecule has 0 spiro atoms. The van der Waals surface area contributed by atoms with Gasteiger partial charge in [0.15, 0.2) is 17.5 Å². The molecule has 0 fully saturated rings. The summed E-state index contributed by atoms with van der Waals surface area (Å²) in [5, 5.41) is 9.90. The second-order valence-corrected chi connectivity index (χ2v) is 14.3. The third kappa shape index (κ3) is 4.50. The maximum Gasteiger partial charge on any atom is 0.164 e. The van der Waals surface area contributed by atoms with E-state index in [1.54, 1.807) is 0 Å². The minimum Gasteiger partial charge on any atom is -0.308 e. The van der Waals surface area contributed by atoms with Crippen LogP contribution in [0.4, 0.5) is 0 Å². The average molecular weight is 681 g/mol. The molecule has 0 aliphatic carbocycles.